The maximum absolute atomic E-state index is 13.3. The Balaban J connectivity index is 2.41. The molecule has 0 aliphatic rings. The minimum absolute atomic E-state index is 0.0531. The van der Waals surface area contributed by atoms with Crippen LogP contribution in [0.1, 0.15) is 5.56 Å². The first-order valence-corrected chi connectivity index (χ1v) is 7.91. The summed E-state index contributed by atoms with van der Waals surface area (Å²) in [6, 6.07) is 8.58. The second-order valence-electron chi connectivity index (χ2n) is 4.26. The van der Waals surface area contributed by atoms with E-state index in [1.165, 1.54) is 24.3 Å². The molecule has 2 aromatic rings. The first-order chi connectivity index (χ1) is 9.29. The zero-order chi connectivity index (χ0) is 14.9. The van der Waals surface area contributed by atoms with Crippen LogP contribution in [0.3, 0.4) is 0 Å². The van der Waals surface area contributed by atoms with E-state index in [0.29, 0.717) is 16.9 Å². The molecule has 0 amide bonds. The van der Waals surface area contributed by atoms with E-state index in [-0.39, 0.29) is 9.37 Å². The van der Waals surface area contributed by atoms with Gasteiger partial charge >= 0.3 is 0 Å². The zero-order valence-electron chi connectivity index (χ0n) is 10.5. The Hall–Kier alpha value is -1.60. The molecule has 0 radical (unpaired) electrons. The summed E-state index contributed by atoms with van der Waals surface area (Å²) in [5.41, 5.74) is 6.72. The lowest BCUT2D eigenvalue weighted by molar-refractivity contribution is 0.600. The third-order valence-corrected chi connectivity index (χ3v) is 4.65. The van der Waals surface area contributed by atoms with Gasteiger partial charge in [0.2, 0.25) is 0 Å². The van der Waals surface area contributed by atoms with E-state index < -0.39 is 15.8 Å². The Kier molecular flexibility index (Phi) is 4.01. The Morgan fingerprint density at radius 1 is 1.25 bits per heavy atom. The van der Waals surface area contributed by atoms with Crippen molar-refractivity contribution in [2.24, 2.45) is 0 Å². The monoisotopic (exact) mass is 358 g/mol. The van der Waals surface area contributed by atoms with Crippen LogP contribution >= 0.6 is 15.9 Å². The molecule has 3 N–H and O–H groups in total. The van der Waals surface area contributed by atoms with Gasteiger partial charge in [-0.2, -0.15) is 0 Å². The van der Waals surface area contributed by atoms with Crippen LogP contribution in [-0.4, -0.2) is 8.42 Å². The van der Waals surface area contributed by atoms with E-state index in [9.17, 15) is 12.8 Å². The SMILES string of the molecule is Cc1cc(F)c(Br)cc1NS(=O)(=O)c1cccc(N)c1. The van der Waals surface area contributed by atoms with Crippen molar-refractivity contribution in [3.8, 4) is 0 Å². The first-order valence-electron chi connectivity index (χ1n) is 5.63. The highest BCUT2D eigenvalue weighted by atomic mass is 79.9. The highest BCUT2D eigenvalue weighted by Crippen LogP contribution is 2.26. The van der Waals surface area contributed by atoms with E-state index >= 15 is 0 Å². The molecule has 0 fully saturated rings. The third-order valence-electron chi connectivity index (χ3n) is 2.68. The smallest absolute Gasteiger partial charge is 0.261 e. The first kappa shape index (κ1) is 14.8. The summed E-state index contributed by atoms with van der Waals surface area (Å²) in [6.45, 7) is 1.62. The van der Waals surface area contributed by atoms with E-state index in [1.54, 1.807) is 19.1 Å². The number of nitrogens with two attached hydrogens (primary N) is 1. The molecule has 0 heterocycles. The molecule has 106 valence electrons. The van der Waals surface area contributed by atoms with Crippen LogP contribution < -0.4 is 10.5 Å². The Morgan fingerprint density at radius 3 is 2.60 bits per heavy atom. The van der Waals surface area contributed by atoms with Crippen molar-refractivity contribution in [3.63, 3.8) is 0 Å². The summed E-state index contributed by atoms with van der Waals surface area (Å²) < 4.78 is 40.4. The highest BCUT2D eigenvalue weighted by Gasteiger charge is 2.16. The number of nitrogens with one attached hydrogen (secondary N) is 1. The average molecular weight is 359 g/mol. The van der Waals surface area contributed by atoms with Gasteiger partial charge in [0.25, 0.3) is 10.0 Å². The van der Waals surface area contributed by atoms with Gasteiger partial charge in [-0.05, 0) is 58.7 Å². The molecule has 0 saturated heterocycles. The summed E-state index contributed by atoms with van der Waals surface area (Å²) in [5, 5.41) is 0. The van der Waals surface area contributed by atoms with Crippen molar-refractivity contribution in [3.05, 3.63) is 52.3 Å². The maximum atomic E-state index is 13.3. The van der Waals surface area contributed by atoms with Gasteiger partial charge in [0.05, 0.1) is 15.1 Å². The maximum Gasteiger partial charge on any atom is 0.261 e. The second-order valence-corrected chi connectivity index (χ2v) is 6.80. The largest absolute Gasteiger partial charge is 0.399 e. The topological polar surface area (TPSA) is 72.2 Å². The van der Waals surface area contributed by atoms with Gasteiger partial charge < -0.3 is 5.73 Å². The fourth-order valence-corrected chi connectivity index (χ4v) is 3.16. The van der Waals surface area contributed by atoms with Crippen LogP contribution in [0.15, 0.2) is 45.8 Å². The lowest BCUT2D eigenvalue weighted by Crippen LogP contribution is -2.14. The van der Waals surface area contributed by atoms with Gasteiger partial charge in [-0.1, -0.05) is 6.07 Å². The molecule has 4 nitrogen and oxygen atoms in total. The zero-order valence-corrected chi connectivity index (χ0v) is 12.9. The fourth-order valence-electron chi connectivity index (χ4n) is 1.64. The van der Waals surface area contributed by atoms with Crippen LogP contribution in [0.5, 0.6) is 0 Å². The number of aryl methyl sites for hydroxylation is 1. The lowest BCUT2D eigenvalue weighted by atomic mass is 10.2. The molecule has 20 heavy (non-hydrogen) atoms. The third kappa shape index (κ3) is 3.10. The Bertz CT molecular complexity index is 763. The molecule has 0 unspecified atom stereocenters. The summed E-state index contributed by atoms with van der Waals surface area (Å²) >= 11 is 3.03. The quantitative estimate of drug-likeness (QED) is 0.827. The minimum Gasteiger partial charge on any atom is -0.399 e. The highest BCUT2D eigenvalue weighted by molar-refractivity contribution is 9.10. The summed E-state index contributed by atoms with van der Waals surface area (Å²) in [5.74, 6) is -0.450. The molecule has 2 rings (SSSR count). The van der Waals surface area contributed by atoms with Gasteiger partial charge in [-0.15, -0.1) is 0 Å². The number of rotatable bonds is 3. The molecule has 0 saturated carbocycles. The number of hydrogen-bond donors (Lipinski definition) is 2. The van der Waals surface area contributed by atoms with Crippen LogP contribution in [-0.2, 0) is 10.0 Å². The van der Waals surface area contributed by atoms with Gasteiger partial charge in [0.15, 0.2) is 0 Å². The lowest BCUT2D eigenvalue weighted by Gasteiger charge is -2.11. The molecule has 7 heteroatoms. The van der Waals surface area contributed by atoms with Crippen LogP contribution in [0.4, 0.5) is 15.8 Å². The number of nitrogen functional groups attached to an aromatic ring is 1. The van der Waals surface area contributed by atoms with Gasteiger partial charge in [0, 0.05) is 5.69 Å². The summed E-state index contributed by atoms with van der Waals surface area (Å²) in [7, 11) is -3.76. The molecular formula is C13H12BrFN2O2S. The molecule has 0 aromatic heterocycles. The molecule has 0 bridgehead atoms. The minimum atomic E-state index is -3.76. The predicted molar refractivity (Wildman–Crippen MR) is 80.5 cm³/mol. The average Bonchev–Trinajstić information content (AvgIpc) is 2.36. The predicted octanol–water partition coefficient (Wildman–Crippen LogP) is 3.28. The van der Waals surface area contributed by atoms with Crippen LogP contribution in [0, 0.1) is 12.7 Å². The standard InChI is InChI=1S/C13H12BrFN2O2S/c1-8-5-12(15)11(14)7-13(8)17-20(18,19)10-4-2-3-9(16)6-10/h2-7,17H,16H2,1H3. The number of hydrogen-bond acceptors (Lipinski definition) is 3. The van der Waals surface area contributed by atoms with Crippen LogP contribution in [0.25, 0.3) is 0 Å². The summed E-state index contributed by atoms with van der Waals surface area (Å²) in [6.07, 6.45) is 0. The molecule has 0 spiro atoms. The number of halogens is 2. The number of anilines is 2. The van der Waals surface area contributed by atoms with Crippen molar-refractivity contribution in [2.75, 3.05) is 10.5 Å². The number of sulfonamides is 1. The Labute approximate surface area is 125 Å². The van der Waals surface area contributed by atoms with Crippen molar-refractivity contribution in [2.45, 2.75) is 11.8 Å². The molecule has 0 aliphatic heterocycles. The Morgan fingerprint density at radius 2 is 1.95 bits per heavy atom. The molecule has 2 aromatic carbocycles. The van der Waals surface area contributed by atoms with Crippen molar-refractivity contribution < 1.29 is 12.8 Å². The molecule has 0 aliphatic carbocycles. The van der Waals surface area contributed by atoms with E-state index in [0.717, 1.165) is 0 Å². The van der Waals surface area contributed by atoms with E-state index in [1.807, 2.05) is 0 Å². The normalized spacial score (nSPS) is 11.3. The van der Waals surface area contributed by atoms with Crippen molar-refractivity contribution in [1.29, 1.82) is 0 Å². The van der Waals surface area contributed by atoms with Gasteiger partial charge in [-0.25, -0.2) is 12.8 Å². The number of benzene rings is 2. The van der Waals surface area contributed by atoms with Crippen molar-refractivity contribution in [1.82, 2.24) is 0 Å². The molecule has 0 atom stereocenters. The van der Waals surface area contributed by atoms with Gasteiger partial charge in [-0.3, -0.25) is 4.72 Å². The van der Waals surface area contributed by atoms with Crippen LogP contribution in [0.2, 0.25) is 0 Å². The van der Waals surface area contributed by atoms with Gasteiger partial charge in [0.1, 0.15) is 5.82 Å². The second kappa shape index (κ2) is 5.41. The summed E-state index contributed by atoms with van der Waals surface area (Å²) in [4.78, 5) is 0.0531. The fraction of sp³-hybridized carbons (Fsp3) is 0.0769. The van der Waals surface area contributed by atoms with Crippen molar-refractivity contribution >= 4 is 37.3 Å². The molecular weight excluding hydrogens is 347 g/mol. The van der Waals surface area contributed by atoms with E-state index in [4.69, 9.17) is 5.73 Å². The van der Waals surface area contributed by atoms with E-state index in [2.05, 4.69) is 20.7 Å².